The summed E-state index contributed by atoms with van der Waals surface area (Å²) < 4.78 is 0. The summed E-state index contributed by atoms with van der Waals surface area (Å²) in [4.78, 5) is 45.0. The summed E-state index contributed by atoms with van der Waals surface area (Å²) in [6.45, 7) is 7.90. The molecule has 1 rings (SSSR count). The van der Waals surface area contributed by atoms with Gasteiger partial charge in [-0.2, -0.15) is 5.06 Å². The number of hydrogen-bond acceptors (Lipinski definition) is 6. The van der Waals surface area contributed by atoms with E-state index in [0.717, 1.165) is 12.8 Å². The smallest absolute Gasteiger partial charge is 0.390 e. The molecule has 1 amide bonds. The fourth-order valence-corrected chi connectivity index (χ4v) is 3.27. The van der Waals surface area contributed by atoms with E-state index in [0.29, 0.717) is 6.42 Å². The normalized spacial score (nSPS) is 24.3. The van der Waals surface area contributed by atoms with Gasteiger partial charge in [-0.15, -0.1) is 0 Å². The van der Waals surface area contributed by atoms with Gasteiger partial charge in [0.15, 0.2) is 5.60 Å². The van der Waals surface area contributed by atoms with Crippen LogP contribution >= 0.6 is 0 Å². The van der Waals surface area contributed by atoms with E-state index in [9.17, 15) is 4.79 Å². The number of carbonyl (C=O) groups excluding carboxylic acids is 1. The Morgan fingerprint density at radius 2 is 1.82 bits per heavy atom. The van der Waals surface area contributed by atoms with E-state index < -0.39 is 14.4 Å². The number of hydroxylamine groups is 2. The predicted molar refractivity (Wildman–Crippen MR) is 84.6 cm³/mol. The van der Waals surface area contributed by atoms with Crippen molar-refractivity contribution < 1.29 is 24.0 Å². The van der Waals surface area contributed by atoms with E-state index in [-0.39, 0.29) is 30.6 Å². The van der Waals surface area contributed by atoms with Gasteiger partial charge in [0.25, 0.3) is 5.91 Å². The molecule has 130 valence electrons. The Labute approximate surface area is 133 Å². The molecule has 0 spiro atoms. The molecule has 0 aromatic heterocycles. The summed E-state index contributed by atoms with van der Waals surface area (Å²) in [6.07, 6.45) is 3.59. The van der Waals surface area contributed by atoms with Gasteiger partial charge >= 0.3 is 8.80 Å². The minimum Gasteiger partial charge on any atom is -0.390 e. The molecule has 2 unspecified atom stereocenters. The van der Waals surface area contributed by atoms with Crippen molar-refractivity contribution in [2.45, 2.75) is 77.1 Å². The average Bonchev–Trinajstić information content (AvgIpc) is 2.38. The molecule has 0 saturated carbocycles. The maximum absolute atomic E-state index is 12.2. The molecule has 1 heterocycles. The number of hydrogen-bond donors (Lipinski definition) is 4. The Morgan fingerprint density at radius 1 is 1.27 bits per heavy atom. The lowest BCUT2D eigenvalue weighted by Gasteiger charge is -2.41. The van der Waals surface area contributed by atoms with Crippen molar-refractivity contribution in [1.82, 2.24) is 10.4 Å². The molecular formula is C14H30N2O5Si. The molecule has 1 fully saturated rings. The van der Waals surface area contributed by atoms with Gasteiger partial charge in [0.2, 0.25) is 0 Å². The van der Waals surface area contributed by atoms with Crippen LogP contribution in [0.25, 0.3) is 0 Å². The molecule has 1 aliphatic rings. The van der Waals surface area contributed by atoms with Gasteiger partial charge in [-0.1, -0.05) is 6.42 Å². The monoisotopic (exact) mass is 334 g/mol. The Morgan fingerprint density at radius 3 is 2.32 bits per heavy atom. The third-order valence-electron chi connectivity index (χ3n) is 3.97. The Hall–Kier alpha value is -0.513. The molecule has 1 aliphatic heterocycles. The van der Waals surface area contributed by atoms with Crippen molar-refractivity contribution in [3.63, 3.8) is 0 Å². The predicted octanol–water partition coefficient (Wildman–Crippen LogP) is 0.382. The van der Waals surface area contributed by atoms with Crippen molar-refractivity contribution in [2.75, 3.05) is 6.54 Å². The molecule has 22 heavy (non-hydrogen) atoms. The lowest BCUT2D eigenvalue weighted by Crippen LogP contribution is -2.53. The zero-order valence-electron chi connectivity index (χ0n) is 14.0. The van der Waals surface area contributed by atoms with Crippen LogP contribution in [0.1, 0.15) is 53.4 Å². The lowest BCUT2D eigenvalue weighted by molar-refractivity contribution is -0.272. The van der Waals surface area contributed by atoms with E-state index >= 15 is 0 Å². The van der Waals surface area contributed by atoms with Gasteiger partial charge in [-0.25, -0.2) is 0 Å². The summed E-state index contributed by atoms with van der Waals surface area (Å²) in [5, 5.41) is 4.63. The summed E-state index contributed by atoms with van der Waals surface area (Å²) in [6, 6.07) is 0.468. The Balaban J connectivity index is 2.45. The van der Waals surface area contributed by atoms with Crippen LogP contribution in [0.3, 0.4) is 0 Å². The molecule has 8 heteroatoms. The quantitative estimate of drug-likeness (QED) is 0.397. The van der Waals surface area contributed by atoms with Gasteiger partial charge in [0.1, 0.15) is 0 Å². The zero-order valence-corrected chi connectivity index (χ0v) is 15.0. The zero-order chi connectivity index (χ0) is 17.0. The Kier molecular flexibility index (Phi) is 6.97. The maximum Gasteiger partial charge on any atom is 0.492 e. The summed E-state index contributed by atoms with van der Waals surface area (Å²) in [5.74, 6) is -0.251. The van der Waals surface area contributed by atoms with Crippen LogP contribution in [0.15, 0.2) is 0 Å². The highest BCUT2D eigenvalue weighted by atomic mass is 28.4. The first kappa shape index (κ1) is 19.5. The van der Waals surface area contributed by atoms with Crippen LogP contribution in [0.2, 0.25) is 6.04 Å². The summed E-state index contributed by atoms with van der Waals surface area (Å²) >= 11 is 0. The summed E-state index contributed by atoms with van der Waals surface area (Å²) in [7, 11) is -4.02. The lowest BCUT2D eigenvalue weighted by atomic mass is 10.00. The second-order valence-electron chi connectivity index (χ2n) is 6.72. The van der Waals surface area contributed by atoms with Crippen LogP contribution in [0.5, 0.6) is 0 Å². The van der Waals surface area contributed by atoms with Crippen LogP contribution in [-0.4, -0.2) is 58.4 Å². The van der Waals surface area contributed by atoms with Crippen LogP contribution in [0, 0.1) is 0 Å². The number of nitrogens with one attached hydrogen (secondary N) is 1. The third-order valence-corrected chi connectivity index (χ3v) is 4.99. The van der Waals surface area contributed by atoms with E-state index in [1.54, 1.807) is 13.8 Å². The molecule has 2 atom stereocenters. The minimum atomic E-state index is -4.02. The van der Waals surface area contributed by atoms with Crippen LogP contribution in [-0.2, 0) is 9.63 Å². The first-order valence-corrected chi connectivity index (χ1v) is 10.0. The van der Waals surface area contributed by atoms with Crippen LogP contribution < -0.4 is 5.32 Å². The summed E-state index contributed by atoms with van der Waals surface area (Å²) in [5.41, 5.74) is -0.994. The fraction of sp³-hybridized carbons (Fsp3) is 0.929. The first-order chi connectivity index (χ1) is 10.0. The molecule has 1 saturated heterocycles. The van der Waals surface area contributed by atoms with E-state index in [1.165, 1.54) is 6.42 Å². The molecule has 0 bridgehead atoms. The van der Waals surface area contributed by atoms with Gasteiger partial charge in [0, 0.05) is 24.7 Å². The van der Waals surface area contributed by atoms with Gasteiger partial charge in [-0.3, -0.25) is 9.63 Å². The highest BCUT2D eigenvalue weighted by Gasteiger charge is 2.36. The minimum absolute atomic E-state index is 0.0885. The molecule has 0 aromatic rings. The van der Waals surface area contributed by atoms with Crippen molar-refractivity contribution >= 4 is 14.7 Å². The van der Waals surface area contributed by atoms with E-state index in [1.807, 2.05) is 5.06 Å². The highest BCUT2D eigenvalue weighted by molar-refractivity contribution is 6.56. The van der Waals surface area contributed by atoms with E-state index in [4.69, 9.17) is 19.2 Å². The third kappa shape index (κ3) is 6.31. The SMILES string of the molecule is CC1CCCC(C)N1OC(C)(C)C(=O)NCCC[Si](O)(O)O. The van der Waals surface area contributed by atoms with Crippen molar-refractivity contribution in [3.8, 4) is 0 Å². The van der Waals surface area contributed by atoms with Gasteiger partial charge in [0.05, 0.1) is 0 Å². The second kappa shape index (κ2) is 7.85. The van der Waals surface area contributed by atoms with E-state index in [2.05, 4.69) is 19.2 Å². The van der Waals surface area contributed by atoms with Crippen molar-refractivity contribution in [3.05, 3.63) is 0 Å². The van der Waals surface area contributed by atoms with Crippen LogP contribution in [0.4, 0.5) is 0 Å². The standard InChI is InChI=1S/C14H30N2O5Si/c1-11-7-5-8-12(2)16(11)21-14(3,4)13(17)15-9-6-10-22(18,19)20/h11-12,18-20H,5-10H2,1-4H3,(H,15,17). The number of rotatable bonds is 7. The van der Waals surface area contributed by atoms with Gasteiger partial charge < -0.3 is 19.7 Å². The Bertz CT molecular complexity index is 363. The molecular weight excluding hydrogens is 304 g/mol. The first-order valence-electron chi connectivity index (χ1n) is 7.96. The van der Waals surface area contributed by atoms with Crippen molar-refractivity contribution in [1.29, 1.82) is 0 Å². The largest absolute Gasteiger partial charge is 0.492 e. The molecule has 0 aromatic carbocycles. The number of piperidine rings is 1. The average molecular weight is 334 g/mol. The number of carbonyl (C=O) groups is 1. The highest BCUT2D eigenvalue weighted by Crippen LogP contribution is 2.26. The molecule has 4 N–H and O–H groups in total. The van der Waals surface area contributed by atoms with Crippen molar-refractivity contribution in [2.24, 2.45) is 0 Å². The number of nitrogens with zero attached hydrogens (tertiary/aromatic N) is 1. The fourth-order valence-electron chi connectivity index (χ4n) is 2.62. The van der Waals surface area contributed by atoms with Gasteiger partial charge in [-0.05, 0) is 47.0 Å². The topological polar surface area (TPSA) is 102 Å². The molecule has 0 aliphatic carbocycles. The molecule has 7 nitrogen and oxygen atoms in total. The number of amides is 1. The second-order valence-corrected chi connectivity index (χ2v) is 8.77. The maximum atomic E-state index is 12.2. The molecule has 0 radical (unpaired) electrons.